The third-order valence-electron chi connectivity index (χ3n) is 5.35. The number of carbonyl (C=O) groups excluding carboxylic acids is 2. The van der Waals surface area contributed by atoms with Gasteiger partial charge in [0.25, 0.3) is 0 Å². The highest BCUT2D eigenvalue weighted by molar-refractivity contribution is 5.84. The summed E-state index contributed by atoms with van der Waals surface area (Å²) < 4.78 is 1.93. The van der Waals surface area contributed by atoms with Gasteiger partial charge in [0.05, 0.1) is 25.1 Å². The molecule has 118 valence electrons. The zero-order valence-electron chi connectivity index (χ0n) is 12.7. The van der Waals surface area contributed by atoms with Gasteiger partial charge in [0.15, 0.2) is 0 Å². The standard InChI is InChI=1S/C16H22N4O2/c21-15(18-12-5-2-6-12)14-9-19(16(22)11-3-1-4-11)8-13-7-17-10-20(13)14/h7,10-12,14H,1-6,8-9H2,(H,18,21)/t14-/m1/s1. The third kappa shape index (κ3) is 2.30. The van der Waals surface area contributed by atoms with Crippen LogP contribution in [0.1, 0.15) is 50.3 Å². The smallest absolute Gasteiger partial charge is 0.245 e. The molecule has 2 heterocycles. The Hall–Kier alpha value is -1.85. The van der Waals surface area contributed by atoms with Gasteiger partial charge in [-0.05, 0) is 32.1 Å². The van der Waals surface area contributed by atoms with Crippen LogP contribution >= 0.6 is 0 Å². The summed E-state index contributed by atoms with van der Waals surface area (Å²) >= 11 is 0. The fourth-order valence-corrected chi connectivity index (χ4v) is 3.43. The Bertz CT molecular complexity index is 589. The molecule has 1 N–H and O–H groups in total. The Morgan fingerprint density at radius 3 is 2.59 bits per heavy atom. The Balaban J connectivity index is 1.51. The van der Waals surface area contributed by atoms with Crippen molar-refractivity contribution in [1.82, 2.24) is 19.8 Å². The molecule has 2 fully saturated rings. The largest absolute Gasteiger partial charge is 0.352 e. The molecule has 0 bridgehead atoms. The first-order valence-electron chi connectivity index (χ1n) is 8.32. The first kappa shape index (κ1) is 13.8. The summed E-state index contributed by atoms with van der Waals surface area (Å²) in [5, 5.41) is 3.11. The van der Waals surface area contributed by atoms with Crippen molar-refractivity contribution < 1.29 is 9.59 Å². The van der Waals surface area contributed by atoms with E-state index in [-0.39, 0.29) is 23.8 Å². The molecule has 6 heteroatoms. The maximum atomic E-state index is 12.6. The van der Waals surface area contributed by atoms with Crippen LogP contribution in [0.5, 0.6) is 0 Å². The number of hydrogen-bond acceptors (Lipinski definition) is 3. The monoisotopic (exact) mass is 302 g/mol. The molecule has 0 saturated heterocycles. The van der Waals surface area contributed by atoms with Crippen LogP contribution in [0.15, 0.2) is 12.5 Å². The minimum absolute atomic E-state index is 0.0232. The number of nitrogens with one attached hydrogen (secondary N) is 1. The molecule has 0 aromatic carbocycles. The minimum Gasteiger partial charge on any atom is -0.352 e. The van der Waals surface area contributed by atoms with E-state index in [1.165, 1.54) is 6.42 Å². The van der Waals surface area contributed by atoms with Crippen LogP contribution in [-0.4, -0.2) is 38.9 Å². The Kier molecular flexibility index (Phi) is 3.39. The highest BCUT2D eigenvalue weighted by Crippen LogP contribution is 2.31. The van der Waals surface area contributed by atoms with Crippen LogP contribution < -0.4 is 5.32 Å². The molecule has 2 saturated carbocycles. The number of imidazole rings is 1. The second kappa shape index (κ2) is 5.41. The fourth-order valence-electron chi connectivity index (χ4n) is 3.43. The number of fused-ring (bicyclic) bond motifs is 1. The van der Waals surface area contributed by atoms with E-state index >= 15 is 0 Å². The lowest BCUT2D eigenvalue weighted by atomic mass is 9.84. The van der Waals surface area contributed by atoms with Gasteiger partial charge in [-0.3, -0.25) is 9.59 Å². The molecule has 0 radical (unpaired) electrons. The molecular formula is C16H22N4O2. The number of hydrogen-bond donors (Lipinski definition) is 1. The molecule has 22 heavy (non-hydrogen) atoms. The van der Waals surface area contributed by atoms with Crippen molar-refractivity contribution in [2.75, 3.05) is 6.54 Å². The van der Waals surface area contributed by atoms with E-state index < -0.39 is 0 Å². The zero-order valence-corrected chi connectivity index (χ0v) is 12.7. The van der Waals surface area contributed by atoms with Crippen LogP contribution in [0.4, 0.5) is 0 Å². The summed E-state index contributed by atoms with van der Waals surface area (Å²) in [7, 11) is 0. The van der Waals surface area contributed by atoms with Gasteiger partial charge in [0.1, 0.15) is 6.04 Å². The van der Waals surface area contributed by atoms with Crippen molar-refractivity contribution in [3.8, 4) is 0 Å². The molecule has 0 unspecified atom stereocenters. The topological polar surface area (TPSA) is 67.2 Å². The SMILES string of the molecule is O=C(NC1CCC1)[C@H]1CN(C(=O)C2CCC2)Cc2cncn21. The van der Waals surface area contributed by atoms with Crippen molar-refractivity contribution >= 4 is 11.8 Å². The van der Waals surface area contributed by atoms with Crippen LogP contribution in [0.25, 0.3) is 0 Å². The summed E-state index contributed by atoms with van der Waals surface area (Å²) in [6.45, 7) is 1.04. The van der Waals surface area contributed by atoms with E-state index in [0.29, 0.717) is 19.1 Å². The van der Waals surface area contributed by atoms with Gasteiger partial charge in [-0.25, -0.2) is 4.98 Å². The third-order valence-corrected chi connectivity index (χ3v) is 5.35. The van der Waals surface area contributed by atoms with Gasteiger partial charge in [-0.1, -0.05) is 6.42 Å². The Morgan fingerprint density at radius 2 is 1.95 bits per heavy atom. The number of nitrogens with zero attached hydrogens (tertiary/aromatic N) is 3. The zero-order chi connectivity index (χ0) is 15.1. The van der Waals surface area contributed by atoms with Crippen molar-refractivity contribution in [3.63, 3.8) is 0 Å². The van der Waals surface area contributed by atoms with Crippen molar-refractivity contribution in [2.24, 2.45) is 5.92 Å². The summed E-state index contributed by atoms with van der Waals surface area (Å²) in [4.78, 5) is 31.1. The quantitative estimate of drug-likeness (QED) is 0.913. The number of aromatic nitrogens is 2. The van der Waals surface area contributed by atoms with Crippen LogP contribution in [0, 0.1) is 5.92 Å². The van der Waals surface area contributed by atoms with Crippen molar-refractivity contribution in [3.05, 3.63) is 18.2 Å². The molecule has 2 amide bonds. The molecule has 2 aliphatic carbocycles. The first-order chi connectivity index (χ1) is 10.7. The summed E-state index contributed by atoms with van der Waals surface area (Å²) in [5.41, 5.74) is 0.952. The normalized spacial score (nSPS) is 25.1. The van der Waals surface area contributed by atoms with Crippen LogP contribution in [0.2, 0.25) is 0 Å². The van der Waals surface area contributed by atoms with E-state index in [4.69, 9.17) is 0 Å². The van der Waals surface area contributed by atoms with E-state index in [0.717, 1.165) is 37.8 Å². The highest BCUT2D eigenvalue weighted by Gasteiger charge is 2.37. The van der Waals surface area contributed by atoms with Crippen LogP contribution in [-0.2, 0) is 16.1 Å². The lowest BCUT2D eigenvalue weighted by molar-refractivity contribution is -0.141. The van der Waals surface area contributed by atoms with Gasteiger partial charge in [-0.2, -0.15) is 0 Å². The van der Waals surface area contributed by atoms with Gasteiger partial charge in [0, 0.05) is 18.2 Å². The second-order valence-electron chi connectivity index (χ2n) is 6.79. The number of rotatable bonds is 3. The maximum absolute atomic E-state index is 12.6. The van der Waals surface area contributed by atoms with E-state index in [2.05, 4.69) is 10.3 Å². The number of carbonyl (C=O) groups is 2. The molecule has 1 aromatic rings. The molecule has 1 aromatic heterocycles. The molecule has 3 aliphatic rings. The summed E-state index contributed by atoms with van der Waals surface area (Å²) in [5.74, 6) is 0.403. The molecule has 1 aliphatic heterocycles. The average molecular weight is 302 g/mol. The molecular weight excluding hydrogens is 280 g/mol. The van der Waals surface area contributed by atoms with E-state index in [1.54, 1.807) is 12.5 Å². The van der Waals surface area contributed by atoms with Gasteiger partial charge in [-0.15, -0.1) is 0 Å². The molecule has 6 nitrogen and oxygen atoms in total. The Labute approximate surface area is 129 Å². The summed E-state index contributed by atoms with van der Waals surface area (Å²) in [6, 6.07) is -0.0203. The molecule has 1 atom stereocenters. The van der Waals surface area contributed by atoms with Crippen molar-refractivity contribution in [2.45, 2.75) is 57.2 Å². The molecule has 0 spiro atoms. The fraction of sp³-hybridized carbons (Fsp3) is 0.688. The van der Waals surface area contributed by atoms with Gasteiger partial charge >= 0.3 is 0 Å². The molecule has 4 rings (SSSR count). The average Bonchev–Trinajstić information content (AvgIpc) is 2.87. The summed E-state index contributed by atoms with van der Waals surface area (Å²) in [6.07, 6.45) is 9.95. The minimum atomic E-state index is -0.337. The van der Waals surface area contributed by atoms with Gasteiger partial charge < -0.3 is 14.8 Å². The lowest BCUT2D eigenvalue weighted by Crippen LogP contribution is -2.51. The highest BCUT2D eigenvalue weighted by atomic mass is 16.2. The predicted molar refractivity (Wildman–Crippen MR) is 79.8 cm³/mol. The van der Waals surface area contributed by atoms with E-state index in [9.17, 15) is 9.59 Å². The second-order valence-corrected chi connectivity index (χ2v) is 6.79. The Morgan fingerprint density at radius 1 is 1.18 bits per heavy atom. The van der Waals surface area contributed by atoms with Gasteiger partial charge in [0.2, 0.25) is 11.8 Å². The van der Waals surface area contributed by atoms with E-state index in [1.807, 2.05) is 9.47 Å². The lowest BCUT2D eigenvalue weighted by Gasteiger charge is -2.38. The van der Waals surface area contributed by atoms with Crippen LogP contribution in [0.3, 0.4) is 0 Å². The van der Waals surface area contributed by atoms with Crippen molar-refractivity contribution in [1.29, 1.82) is 0 Å². The predicted octanol–water partition coefficient (Wildman–Crippen LogP) is 1.24. The maximum Gasteiger partial charge on any atom is 0.245 e. The first-order valence-corrected chi connectivity index (χ1v) is 8.32. The number of amides is 2.